The Bertz CT molecular complexity index is 960. The van der Waals surface area contributed by atoms with Gasteiger partial charge in [-0.05, 0) is 42.2 Å². The second-order valence-corrected chi connectivity index (χ2v) is 6.94. The van der Waals surface area contributed by atoms with E-state index in [2.05, 4.69) is 43.0 Å². The highest BCUT2D eigenvalue weighted by molar-refractivity contribution is 5.82. The standard InChI is InChI=1S/C21H23N7O/c29-20(16-28-25-21(24-26-28)18-7-3-1-4-8-18)23-22-15-17-9-11-19(12-10-17)27-13-5-2-6-14-27/h1,3-4,7-12,15H,2,5-6,13-14,16H2,(H,23,29)/b22-15-. The van der Waals surface area contributed by atoms with Gasteiger partial charge in [0.2, 0.25) is 5.82 Å². The Hall–Kier alpha value is -3.55. The number of hydrogen-bond acceptors (Lipinski definition) is 6. The molecule has 0 bridgehead atoms. The zero-order valence-corrected chi connectivity index (χ0v) is 16.1. The first kappa shape index (κ1) is 18.8. The number of rotatable bonds is 6. The molecule has 29 heavy (non-hydrogen) atoms. The molecular formula is C21H23N7O. The third-order valence-electron chi connectivity index (χ3n) is 4.79. The predicted molar refractivity (Wildman–Crippen MR) is 111 cm³/mol. The van der Waals surface area contributed by atoms with Gasteiger partial charge in [-0.25, -0.2) is 5.43 Å². The van der Waals surface area contributed by atoms with Crippen molar-refractivity contribution in [3.63, 3.8) is 0 Å². The molecule has 1 fully saturated rings. The highest BCUT2D eigenvalue weighted by atomic mass is 16.2. The molecule has 1 aromatic heterocycles. The monoisotopic (exact) mass is 389 g/mol. The molecule has 148 valence electrons. The van der Waals surface area contributed by atoms with Crippen molar-refractivity contribution in [3.05, 3.63) is 60.2 Å². The van der Waals surface area contributed by atoms with Crippen molar-refractivity contribution in [1.29, 1.82) is 0 Å². The highest BCUT2D eigenvalue weighted by Gasteiger charge is 2.10. The maximum atomic E-state index is 12.0. The molecule has 1 aliphatic heterocycles. The van der Waals surface area contributed by atoms with E-state index in [-0.39, 0.29) is 12.5 Å². The van der Waals surface area contributed by atoms with Gasteiger partial charge in [0.05, 0.1) is 6.21 Å². The summed E-state index contributed by atoms with van der Waals surface area (Å²) in [7, 11) is 0. The molecule has 8 heteroatoms. The fourth-order valence-electron chi connectivity index (χ4n) is 3.28. The van der Waals surface area contributed by atoms with Crippen molar-refractivity contribution in [1.82, 2.24) is 25.6 Å². The van der Waals surface area contributed by atoms with Crippen LogP contribution in [0.15, 0.2) is 59.7 Å². The molecule has 1 amide bonds. The first-order chi connectivity index (χ1) is 14.3. The third kappa shape index (κ3) is 5.04. The first-order valence-electron chi connectivity index (χ1n) is 9.78. The van der Waals surface area contributed by atoms with E-state index in [1.807, 2.05) is 42.5 Å². The van der Waals surface area contributed by atoms with E-state index in [4.69, 9.17) is 0 Å². The number of carbonyl (C=O) groups excluding carboxylic acids is 1. The molecule has 1 N–H and O–H groups in total. The summed E-state index contributed by atoms with van der Waals surface area (Å²) < 4.78 is 0. The van der Waals surface area contributed by atoms with Crippen LogP contribution in [0.5, 0.6) is 0 Å². The van der Waals surface area contributed by atoms with Crippen molar-refractivity contribution >= 4 is 17.8 Å². The van der Waals surface area contributed by atoms with Crippen molar-refractivity contribution < 1.29 is 4.79 Å². The minimum absolute atomic E-state index is 0.0505. The molecule has 3 aromatic rings. The van der Waals surface area contributed by atoms with Gasteiger partial charge < -0.3 is 4.90 Å². The van der Waals surface area contributed by atoms with Crippen molar-refractivity contribution in [2.24, 2.45) is 5.10 Å². The van der Waals surface area contributed by atoms with E-state index >= 15 is 0 Å². The Morgan fingerprint density at radius 1 is 1.03 bits per heavy atom. The minimum atomic E-state index is -0.316. The molecule has 0 radical (unpaired) electrons. The van der Waals surface area contributed by atoms with Gasteiger partial charge in [0.15, 0.2) is 0 Å². The summed E-state index contributed by atoms with van der Waals surface area (Å²) in [5.41, 5.74) is 5.51. The van der Waals surface area contributed by atoms with Crippen LogP contribution < -0.4 is 10.3 Å². The quantitative estimate of drug-likeness (QED) is 0.517. The Balaban J connectivity index is 1.28. The molecule has 0 saturated carbocycles. The summed E-state index contributed by atoms with van der Waals surface area (Å²) in [6, 6.07) is 17.7. The number of hydrogen-bond donors (Lipinski definition) is 1. The van der Waals surface area contributed by atoms with Crippen LogP contribution in [-0.2, 0) is 11.3 Å². The number of piperidine rings is 1. The average Bonchev–Trinajstić information content (AvgIpc) is 3.24. The normalized spacial score (nSPS) is 14.3. The average molecular weight is 389 g/mol. The van der Waals surface area contributed by atoms with Crippen LogP contribution in [-0.4, -0.2) is 45.4 Å². The van der Waals surface area contributed by atoms with E-state index in [9.17, 15) is 4.79 Å². The number of hydrazone groups is 1. The lowest BCUT2D eigenvalue weighted by Gasteiger charge is -2.28. The second kappa shape index (κ2) is 9.09. The minimum Gasteiger partial charge on any atom is -0.372 e. The Kier molecular flexibility index (Phi) is 5.89. The SMILES string of the molecule is O=C(Cn1nnc(-c2ccccc2)n1)N/N=C\c1ccc(N2CCCCC2)cc1. The molecule has 1 aliphatic rings. The molecule has 0 unspecified atom stereocenters. The Morgan fingerprint density at radius 2 is 1.79 bits per heavy atom. The largest absolute Gasteiger partial charge is 0.372 e. The van der Waals surface area contributed by atoms with Crippen LogP contribution in [0.3, 0.4) is 0 Å². The Labute approximate surface area is 169 Å². The lowest BCUT2D eigenvalue weighted by molar-refractivity contribution is -0.122. The molecule has 1 saturated heterocycles. The zero-order chi connectivity index (χ0) is 19.9. The van der Waals surface area contributed by atoms with Crippen molar-refractivity contribution in [2.75, 3.05) is 18.0 Å². The Morgan fingerprint density at radius 3 is 2.55 bits per heavy atom. The molecule has 2 heterocycles. The fraction of sp³-hybridized carbons (Fsp3) is 0.286. The highest BCUT2D eigenvalue weighted by Crippen LogP contribution is 2.19. The summed E-state index contributed by atoms with van der Waals surface area (Å²) in [5, 5.41) is 16.1. The van der Waals surface area contributed by atoms with Crippen molar-refractivity contribution in [3.8, 4) is 11.4 Å². The van der Waals surface area contributed by atoms with Crippen LogP contribution in [0.4, 0.5) is 5.69 Å². The lowest BCUT2D eigenvalue weighted by atomic mass is 10.1. The number of nitrogens with one attached hydrogen (secondary N) is 1. The molecule has 0 aliphatic carbocycles. The maximum absolute atomic E-state index is 12.0. The van der Waals surface area contributed by atoms with Crippen LogP contribution in [0.25, 0.3) is 11.4 Å². The number of benzene rings is 2. The summed E-state index contributed by atoms with van der Waals surface area (Å²) in [5.74, 6) is 0.166. The number of anilines is 1. The zero-order valence-electron chi connectivity index (χ0n) is 16.1. The topological polar surface area (TPSA) is 88.3 Å². The first-order valence-corrected chi connectivity index (χ1v) is 9.78. The van der Waals surface area contributed by atoms with Crippen LogP contribution >= 0.6 is 0 Å². The number of carbonyl (C=O) groups is 1. The van der Waals surface area contributed by atoms with Gasteiger partial charge in [0.1, 0.15) is 6.54 Å². The van der Waals surface area contributed by atoms with Gasteiger partial charge in [-0.1, -0.05) is 42.5 Å². The number of amides is 1. The summed E-state index contributed by atoms with van der Waals surface area (Å²) in [6.45, 7) is 2.18. The predicted octanol–water partition coefficient (Wildman–Crippen LogP) is 2.48. The summed E-state index contributed by atoms with van der Waals surface area (Å²) >= 11 is 0. The smallest absolute Gasteiger partial charge is 0.263 e. The molecule has 2 aromatic carbocycles. The van der Waals surface area contributed by atoms with E-state index in [0.29, 0.717) is 5.82 Å². The van der Waals surface area contributed by atoms with Gasteiger partial charge in [-0.3, -0.25) is 4.79 Å². The van der Waals surface area contributed by atoms with Gasteiger partial charge >= 0.3 is 0 Å². The molecule has 0 atom stereocenters. The number of tetrazole rings is 1. The second-order valence-electron chi connectivity index (χ2n) is 6.94. The van der Waals surface area contributed by atoms with Crippen LogP contribution in [0.2, 0.25) is 0 Å². The molecule has 8 nitrogen and oxygen atoms in total. The molecule has 4 rings (SSSR count). The van der Waals surface area contributed by atoms with E-state index in [1.165, 1.54) is 29.7 Å². The van der Waals surface area contributed by atoms with Gasteiger partial charge in [-0.2, -0.15) is 9.90 Å². The van der Waals surface area contributed by atoms with Gasteiger partial charge in [0, 0.05) is 24.3 Å². The van der Waals surface area contributed by atoms with Gasteiger partial charge in [-0.15, -0.1) is 10.2 Å². The van der Waals surface area contributed by atoms with Crippen LogP contribution in [0, 0.1) is 0 Å². The van der Waals surface area contributed by atoms with E-state index < -0.39 is 0 Å². The fourth-order valence-corrected chi connectivity index (χ4v) is 3.28. The number of nitrogens with zero attached hydrogens (tertiary/aromatic N) is 6. The van der Waals surface area contributed by atoms with E-state index in [0.717, 1.165) is 24.2 Å². The molecular weight excluding hydrogens is 366 g/mol. The summed E-state index contributed by atoms with van der Waals surface area (Å²) in [4.78, 5) is 15.7. The molecule has 0 spiro atoms. The van der Waals surface area contributed by atoms with Crippen molar-refractivity contribution in [2.45, 2.75) is 25.8 Å². The third-order valence-corrected chi connectivity index (χ3v) is 4.79. The lowest BCUT2D eigenvalue weighted by Crippen LogP contribution is -2.29. The van der Waals surface area contributed by atoms with Crippen LogP contribution in [0.1, 0.15) is 24.8 Å². The van der Waals surface area contributed by atoms with E-state index in [1.54, 1.807) is 6.21 Å². The number of aromatic nitrogens is 4. The maximum Gasteiger partial charge on any atom is 0.263 e. The summed E-state index contributed by atoms with van der Waals surface area (Å²) in [6.07, 6.45) is 5.45. The van der Waals surface area contributed by atoms with Gasteiger partial charge in [0.25, 0.3) is 5.91 Å².